The first-order valence-corrected chi connectivity index (χ1v) is 7.61. The molecule has 1 N–H and O–H groups in total. The number of hydrogen-bond donors (Lipinski definition) is 1. The zero-order valence-corrected chi connectivity index (χ0v) is 13.4. The summed E-state index contributed by atoms with van der Waals surface area (Å²) in [5.41, 5.74) is 2.85. The van der Waals surface area contributed by atoms with Crippen molar-refractivity contribution in [2.75, 3.05) is 11.9 Å². The molecule has 0 saturated carbocycles. The zero-order chi connectivity index (χ0) is 17.1. The fourth-order valence-electron chi connectivity index (χ4n) is 2.46. The van der Waals surface area contributed by atoms with E-state index >= 15 is 0 Å². The van der Waals surface area contributed by atoms with Crippen LogP contribution in [0.25, 0.3) is 10.9 Å². The number of nitriles is 1. The summed E-state index contributed by atoms with van der Waals surface area (Å²) >= 11 is 0. The van der Waals surface area contributed by atoms with Crippen LogP contribution in [0.2, 0.25) is 0 Å². The molecule has 2 aromatic carbocycles. The Morgan fingerprint density at radius 1 is 1.25 bits per heavy atom. The third-order valence-corrected chi connectivity index (χ3v) is 3.71. The van der Waals surface area contributed by atoms with Gasteiger partial charge in [-0.05, 0) is 49.7 Å². The minimum atomic E-state index is -0.299. The summed E-state index contributed by atoms with van der Waals surface area (Å²) in [7, 11) is 0. The average molecular weight is 321 g/mol. The van der Waals surface area contributed by atoms with Gasteiger partial charge in [0.2, 0.25) is 0 Å². The summed E-state index contributed by atoms with van der Waals surface area (Å²) < 4.78 is 19.3. The van der Waals surface area contributed by atoms with Crippen molar-refractivity contribution in [2.45, 2.75) is 13.8 Å². The Labute approximate surface area is 139 Å². The third-order valence-electron chi connectivity index (χ3n) is 3.71. The predicted molar refractivity (Wildman–Crippen MR) is 92.0 cm³/mol. The van der Waals surface area contributed by atoms with E-state index in [1.54, 1.807) is 19.1 Å². The average Bonchev–Trinajstić information content (AvgIpc) is 2.59. The van der Waals surface area contributed by atoms with Gasteiger partial charge in [0, 0.05) is 17.3 Å². The first-order valence-electron chi connectivity index (χ1n) is 7.61. The molecule has 0 aliphatic carbocycles. The normalized spacial score (nSPS) is 10.4. The van der Waals surface area contributed by atoms with Gasteiger partial charge in [0.25, 0.3) is 0 Å². The van der Waals surface area contributed by atoms with Gasteiger partial charge >= 0.3 is 0 Å². The maximum Gasteiger partial charge on any atom is 0.128 e. The third kappa shape index (κ3) is 2.99. The number of fused-ring (bicyclic) bond motifs is 1. The number of aryl methyl sites for hydroxylation is 1. The Morgan fingerprint density at radius 2 is 2.08 bits per heavy atom. The van der Waals surface area contributed by atoms with E-state index in [1.165, 1.54) is 12.3 Å². The lowest BCUT2D eigenvalue weighted by molar-refractivity contribution is 0.340. The Balaban J connectivity index is 2.14. The molecule has 5 heteroatoms. The summed E-state index contributed by atoms with van der Waals surface area (Å²) in [5, 5.41) is 13.3. The standard InChI is InChI=1S/C19H16FN3O/c1-3-24-15-6-7-18-16(9-15)19(13(10-21)11-22-18)23-14-5-4-12(2)17(20)8-14/h4-9,11H,3H2,1-2H3,(H,22,23). The van der Waals surface area contributed by atoms with Crippen molar-refractivity contribution in [3.8, 4) is 11.8 Å². The molecule has 0 fully saturated rings. The lowest BCUT2D eigenvalue weighted by atomic mass is 10.1. The molecule has 3 aromatic rings. The van der Waals surface area contributed by atoms with Gasteiger partial charge in [-0.3, -0.25) is 4.98 Å². The van der Waals surface area contributed by atoms with Crippen molar-refractivity contribution in [2.24, 2.45) is 0 Å². The quantitative estimate of drug-likeness (QED) is 0.757. The highest BCUT2D eigenvalue weighted by molar-refractivity contribution is 5.96. The highest BCUT2D eigenvalue weighted by Gasteiger charge is 2.11. The van der Waals surface area contributed by atoms with Crippen molar-refractivity contribution in [1.29, 1.82) is 5.26 Å². The first kappa shape index (κ1) is 15.8. The summed E-state index contributed by atoms with van der Waals surface area (Å²) in [6.07, 6.45) is 1.51. The number of hydrogen-bond acceptors (Lipinski definition) is 4. The largest absolute Gasteiger partial charge is 0.494 e. The molecule has 0 amide bonds. The van der Waals surface area contributed by atoms with Crippen LogP contribution in [0, 0.1) is 24.1 Å². The highest BCUT2D eigenvalue weighted by Crippen LogP contribution is 2.31. The van der Waals surface area contributed by atoms with E-state index in [1.807, 2.05) is 25.1 Å². The maximum absolute atomic E-state index is 13.8. The number of aromatic nitrogens is 1. The van der Waals surface area contributed by atoms with E-state index in [2.05, 4.69) is 16.4 Å². The molecule has 1 heterocycles. The summed E-state index contributed by atoms with van der Waals surface area (Å²) in [4.78, 5) is 4.30. The van der Waals surface area contributed by atoms with Crippen LogP contribution in [0.1, 0.15) is 18.1 Å². The second kappa shape index (κ2) is 6.55. The van der Waals surface area contributed by atoms with Gasteiger partial charge in [-0.25, -0.2) is 4.39 Å². The minimum absolute atomic E-state index is 0.299. The number of nitrogens with zero attached hydrogens (tertiary/aromatic N) is 2. The molecule has 120 valence electrons. The van der Waals surface area contributed by atoms with E-state index in [-0.39, 0.29) is 5.82 Å². The highest BCUT2D eigenvalue weighted by atomic mass is 19.1. The van der Waals surface area contributed by atoms with Crippen molar-refractivity contribution >= 4 is 22.3 Å². The van der Waals surface area contributed by atoms with Crippen LogP contribution in [-0.2, 0) is 0 Å². The molecule has 0 aliphatic heterocycles. The van der Waals surface area contributed by atoms with Crippen LogP contribution in [0.4, 0.5) is 15.8 Å². The van der Waals surface area contributed by atoms with E-state index in [0.717, 1.165) is 10.9 Å². The lowest BCUT2D eigenvalue weighted by Crippen LogP contribution is -1.98. The van der Waals surface area contributed by atoms with Crippen LogP contribution < -0.4 is 10.1 Å². The van der Waals surface area contributed by atoms with Gasteiger partial charge in [-0.2, -0.15) is 5.26 Å². The number of ether oxygens (including phenoxy) is 1. The van der Waals surface area contributed by atoms with Gasteiger partial charge in [-0.15, -0.1) is 0 Å². The molecule has 3 rings (SSSR count). The Hall–Kier alpha value is -3.13. The molecule has 0 unspecified atom stereocenters. The van der Waals surface area contributed by atoms with Gasteiger partial charge < -0.3 is 10.1 Å². The second-order valence-corrected chi connectivity index (χ2v) is 5.36. The maximum atomic E-state index is 13.8. The van der Waals surface area contributed by atoms with Crippen LogP contribution in [-0.4, -0.2) is 11.6 Å². The molecule has 0 aliphatic rings. The zero-order valence-electron chi connectivity index (χ0n) is 13.4. The van der Waals surface area contributed by atoms with Gasteiger partial charge in [-0.1, -0.05) is 6.07 Å². The fourth-order valence-corrected chi connectivity index (χ4v) is 2.46. The predicted octanol–water partition coefficient (Wildman–Crippen LogP) is 4.70. The van der Waals surface area contributed by atoms with E-state index in [4.69, 9.17) is 4.74 Å². The number of rotatable bonds is 4. The van der Waals surface area contributed by atoms with Crippen molar-refractivity contribution in [3.05, 3.63) is 59.5 Å². The molecular weight excluding hydrogens is 305 g/mol. The Morgan fingerprint density at radius 3 is 2.79 bits per heavy atom. The minimum Gasteiger partial charge on any atom is -0.494 e. The summed E-state index contributed by atoms with van der Waals surface area (Å²) in [6.45, 7) is 4.15. The molecule has 0 spiro atoms. The van der Waals surface area contributed by atoms with Crippen molar-refractivity contribution in [3.63, 3.8) is 0 Å². The summed E-state index contributed by atoms with van der Waals surface area (Å²) in [5.74, 6) is 0.395. The fraction of sp³-hybridized carbons (Fsp3) is 0.158. The smallest absolute Gasteiger partial charge is 0.128 e. The van der Waals surface area contributed by atoms with E-state index in [0.29, 0.717) is 34.9 Å². The number of halogens is 1. The molecule has 1 aromatic heterocycles. The second-order valence-electron chi connectivity index (χ2n) is 5.36. The van der Waals surface area contributed by atoms with Crippen LogP contribution in [0.3, 0.4) is 0 Å². The molecule has 4 nitrogen and oxygen atoms in total. The topological polar surface area (TPSA) is 57.9 Å². The first-order chi connectivity index (χ1) is 11.6. The van der Waals surface area contributed by atoms with E-state index < -0.39 is 0 Å². The number of nitrogens with one attached hydrogen (secondary N) is 1. The Kier molecular flexibility index (Phi) is 4.30. The van der Waals surface area contributed by atoms with Crippen molar-refractivity contribution in [1.82, 2.24) is 4.98 Å². The number of anilines is 2. The Bertz CT molecular complexity index is 947. The van der Waals surface area contributed by atoms with Gasteiger partial charge in [0.05, 0.1) is 23.4 Å². The van der Waals surface area contributed by atoms with Gasteiger partial charge in [0.1, 0.15) is 17.6 Å². The molecule has 0 radical (unpaired) electrons. The summed E-state index contributed by atoms with van der Waals surface area (Å²) in [6, 6.07) is 12.5. The van der Waals surface area contributed by atoms with Crippen LogP contribution in [0.5, 0.6) is 5.75 Å². The molecular formula is C19H16FN3O. The number of pyridine rings is 1. The van der Waals surface area contributed by atoms with Crippen LogP contribution in [0.15, 0.2) is 42.6 Å². The monoisotopic (exact) mass is 321 g/mol. The molecule has 24 heavy (non-hydrogen) atoms. The van der Waals surface area contributed by atoms with E-state index in [9.17, 15) is 9.65 Å². The number of benzene rings is 2. The lowest BCUT2D eigenvalue weighted by Gasteiger charge is -2.13. The van der Waals surface area contributed by atoms with Gasteiger partial charge in [0.15, 0.2) is 0 Å². The molecule has 0 saturated heterocycles. The molecule has 0 bridgehead atoms. The molecule has 0 atom stereocenters. The van der Waals surface area contributed by atoms with Crippen molar-refractivity contribution < 1.29 is 9.13 Å². The van der Waals surface area contributed by atoms with Crippen LogP contribution >= 0.6 is 0 Å². The SMILES string of the molecule is CCOc1ccc2ncc(C#N)c(Nc3ccc(C)c(F)c3)c2c1.